The van der Waals surface area contributed by atoms with Crippen molar-refractivity contribution in [3.63, 3.8) is 0 Å². The van der Waals surface area contributed by atoms with Gasteiger partial charge in [-0.1, -0.05) is 51.5 Å². The molecule has 1 aliphatic rings. The first kappa shape index (κ1) is 15.2. The van der Waals surface area contributed by atoms with Gasteiger partial charge in [0.05, 0.1) is 6.54 Å². The average Bonchev–Trinajstić information content (AvgIpc) is 2.38. The predicted molar refractivity (Wildman–Crippen MR) is 84.2 cm³/mol. The smallest absolute Gasteiger partial charge is 0.176 e. The van der Waals surface area contributed by atoms with E-state index in [9.17, 15) is 4.79 Å². The summed E-state index contributed by atoms with van der Waals surface area (Å²) < 4.78 is 0. The minimum atomic E-state index is 0.255. The summed E-state index contributed by atoms with van der Waals surface area (Å²) in [6.07, 6.45) is 4.71. The van der Waals surface area contributed by atoms with Gasteiger partial charge >= 0.3 is 0 Å². The lowest BCUT2D eigenvalue weighted by molar-refractivity contribution is 0.0810. The van der Waals surface area contributed by atoms with E-state index >= 15 is 0 Å². The van der Waals surface area contributed by atoms with E-state index in [0.717, 1.165) is 31.5 Å². The second kappa shape index (κ2) is 6.53. The first-order valence-electron chi connectivity index (χ1n) is 7.85. The van der Waals surface area contributed by atoms with E-state index in [2.05, 4.69) is 37.8 Å². The molecule has 0 radical (unpaired) electrons. The largest absolute Gasteiger partial charge is 0.295 e. The summed E-state index contributed by atoms with van der Waals surface area (Å²) in [5, 5.41) is 0. The summed E-state index contributed by atoms with van der Waals surface area (Å²) >= 11 is 0. The number of rotatable bonds is 5. The van der Waals surface area contributed by atoms with Crippen molar-refractivity contribution in [3.05, 3.63) is 35.4 Å². The summed E-state index contributed by atoms with van der Waals surface area (Å²) in [6.45, 7) is 9.43. The molecule has 110 valence electrons. The molecule has 0 spiro atoms. The molecule has 1 aliphatic heterocycles. The van der Waals surface area contributed by atoms with Crippen molar-refractivity contribution in [2.75, 3.05) is 19.6 Å². The van der Waals surface area contributed by atoms with Crippen molar-refractivity contribution >= 4 is 5.78 Å². The van der Waals surface area contributed by atoms with Gasteiger partial charge in [0.2, 0.25) is 0 Å². The van der Waals surface area contributed by atoms with Gasteiger partial charge in [-0.3, -0.25) is 9.69 Å². The average molecular weight is 273 g/mol. The van der Waals surface area contributed by atoms with E-state index in [0.29, 0.717) is 12.0 Å². The Bertz CT molecular complexity index is 447. The van der Waals surface area contributed by atoms with Gasteiger partial charge in [0, 0.05) is 12.1 Å². The van der Waals surface area contributed by atoms with Gasteiger partial charge in [-0.25, -0.2) is 0 Å². The molecule has 20 heavy (non-hydrogen) atoms. The lowest BCUT2D eigenvalue weighted by Crippen LogP contribution is -2.42. The fourth-order valence-corrected chi connectivity index (χ4v) is 3.12. The molecular formula is C18H27NO. The zero-order valence-corrected chi connectivity index (χ0v) is 13.1. The van der Waals surface area contributed by atoms with Crippen LogP contribution in [-0.4, -0.2) is 30.3 Å². The molecule has 0 atom stereocenters. The van der Waals surface area contributed by atoms with Gasteiger partial charge in [0.25, 0.3) is 0 Å². The molecule has 1 saturated heterocycles. The third-order valence-electron chi connectivity index (χ3n) is 4.16. The summed E-state index contributed by atoms with van der Waals surface area (Å²) in [6, 6.07) is 8.17. The standard InChI is InChI=1S/C18H27NO/c1-4-6-15-7-9-16(10-8-15)17(20)13-19-12-5-11-18(2,3)14-19/h7-10H,4-6,11-14H2,1-3H3. The Balaban J connectivity index is 1.94. The van der Waals surface area contributed by atoms with Crippen molar-refractivity contribution < 1.29 is 4.79 Å². The van der Waals surface area contributed by atoms with Gasteiger partial charge in [-0.15, -0.1) is 0 Å². The predicted octanol–water partition coefficient (Wildman–Crippen LogP) is 3.94. The van der Waals surface area contributed by atoms with Crippen LogP contribution in [0.4, 0.5) is 0 Å². The first-order valence-corrected chi connectivity index (χ1v) is 7.85. The molecular weight excluding hydrogens is 246 g/mol. The van der Waals surface area contributed by atoms with Gasteiger partial charge < -0.3 is 0 Å². The van der Waals surface area contributed by atoms with Crippen LogP contribution in [0.25, 0.3) is 0 Å². The number of piperidine rings is 1. The van der Waals surface area contributed by atoms with E-state index in [4.69, 9.17) is 0 Å². The summed E-state index contributed by atoms with van der Waals surface area (Å²) in [5.74, 6) is 0.255. The first-order chi connectivity index (χ1) is 9.50. The minimum Gasteiger partial charge on any atom is -0.295 e. The number of hydrogen-bond acceptors (Lipinski definition) is 2. The van der Waals surface area contributed by atoms with Crippen LogP contribution >= 0.6 is 0 Å². The molecule has 1 heterocycles. The minimum absolute atomic E-state index is 0.255. The molecule has 0 aromatic heterocycles. The van der Waals surface area contributed by atoms with E-state index in [1.54, 1.807) is 0 Å². The fourth-order valence-electron chi connectivity index (χ4n) is 3.12. The highest BCUT2D eigenvalue weighted by atomic mass is 16.1. The van der Waals surface area contributed by atoms with Crippen LogP contribution in [0.2, 0.25) is 0 Å². The molecule has 0 saturated carbocycles. The van der Waals surface area contributed by atoms with Crippen LogP contribution in [0.3, 0.4) is 0 Å². The topological polar surface area (TPSA) is 20.3 Å². The van der Waals surface area contributed by atoms with E-state index in [1.807, 2.05) is 12.1 Å². The fraction of sp³-hybridized carbons (Fsp3) is 0.611. The monoisotopic (exact) mass is 273 g/mol. The van der Waals surface area contributed by atoms with Crippen LogP contribution in [0.5, 0.6) is 0 Å². The highest BCUT2D eigenvalue weighted by Gasteiger charge is 2.27. The normalized spacial score (nSPS) is 18.9. The van der Waals surface area contributed by atoms with Crippen molar-refractivity contribution in [3.8, 4) is 0 Å². The molecule has 1 fully saturated rings. The number of benzene rings is 1. The number of aryl methyl sites for hydroxylation is 1. The van der Waals surface area contributed by atoms with Crippen molar-refractivity contribution in [2.45, 2.75) is 46.5 Å². The molecule has 0 aliphatic carbocycles. The van der Waals surface area contributed by atoms with E-state index in [1.165, 1.54) is 18.4 Å². The zero-order chi connectivity index (χ0) is 14.6. The maximum atomic E-state index is 12.4. The second-order valence-electron chi connectivity index (χ2n) is 6.85. The van der Waals surface area contributed by atoms with Crippen LogP contribution in [-0.2, 0) is 6.42 Å². The molecule has 2 heteroatoms. The Labute approximate surface area is 123 Å². The number of likely N-dealkylation sites (tertiary alicyclic amines) is 1. The Morgan fingerprint density at radius 2 is 1.95 bits per heavy atom. The summed E-state index contributed by atoms with van der Waals surface area (Å²) in [5.41, 5.74) is 2.53. The van der Waals surface area contributed by atoms with Crippen molar-refractivity contribution in [2.24, 2.45) is 5.41 Å². The maximum absolute atomic E-state index is 12.4. The Kier molecular flexibility index (Phi) is 4.98. The molecule has 0 amide bonds. The SMILES string of the molecule is CCCc1ccc(C(=O)CN2CCCC(C)(C)C2)cc1. The van der Waals surface area contributed by atoms with Crippen molar-refractivity contribution in [1.82, 2.24) is 4.90 Å². The molecule has 2 rings (SSSR count). The summed E-state index contributed by atoms with van der Waals surface area (Å²) in [4.78, 5) is 14.7. The zero-order valence-electron chi connectivity index (χ0n) is 13.1. The van der Waals surface area contributed by atoms with E-state index < -0.39 is 0 Å². The third-order valence-corrected chi connectivity index (χ3v) is 4.16. The highest BCUT2D eigenvalue weighted by molar-refractivity contribution is 5.97. The quantitative estimate of drug-likeness (QED) is 0.757. The highest BCUT2D eigenvalue weighted by Crippen LogP contribution is 2.28. The summed E-state index contributed by atoms with van der Waals surface area (Å²) in [7, 11) is 0. The number of hydrogen-bond donors (Lipinski definition) is 0. The Morgan fingerprint density at radius 3 is 2.55 bits per heavy atom. The molecule has 2 nitrogen and oxygen atoms in total. The molecule has 0 bridgehead atoms. The molecule has 0 unspecified atom stereocenters. The molecule has 1 aromatic carbocycles. The Hall–Kier alpha value is -1.15. The van der Waals surface area contributed by atoms with Crippen LogP contribution in [0.1, 0.15) is 56.0 Å². The second-order valence-corrected chi connectivity index (χ2v) is 6.85. The van der Waals surface area contributed by atoms with Crippen molar-refractivity contribution in [1.29, 1.82) is 0 Å². The van der Waals surface area contributed by atoms with Crippen LogP contribution in [0, 0.1) is 5.41 Å². The van der Waals surface area contributed by atoms with Gasteiger partial charge in [-0.2, -0.15) is 0 Å². The van der Waals surface area contributed by atoms with Gasteiger partial charge in [-0.05, 0) is 36.8 Å². The number of carbonyl (C=O) groups excluding carboxylic acids is 1. The number of nitrogens with zero attached hydrogens (tertiary/aromatic N) is 1. The van der Waals surface area contributed by atoms with E-state index in [-0.39, 0.29) is 5.78 Å². The molecule has 1 aromatic rings. The van der Waals surface area contributed by atoms with Crippen LogP contribution in [0.15, 0.2) is 24.3 Å². The van der Waals surface area contributed by atoms with Gasteiger partial charge in [0.15, 0.2) is 5.78 Å². The Morgan fingerprint density at radius 1 is 1.25 bits per heavy atom. The lowest BCUT2D eigenvalue weighted by Gasteiger charge is -2.37. The maximum Gasteiger partial charge on any atom is 0.176 e. The third kappa shape index (κ3) is 4.17. The van der Waals surface area contributed by atoms with Gasteiger partial charge in [0.1, 0.15) is 0 Å². The molecule has 0 N–H and O–H groups in total. The number of carbonyl (C=O) groups is 1. The number of Topliss-reactive ketones (excluding diaryl/α,β-unsaturated/α-hetero) is 1. The number of ketones is 1. The lowest BCUT2D eigenvalue weighted by atomic mass is 9.84. The van der Waals surface area contributed by atoms with Crippen LogP contribution < -0.4 is 0 Å².